The second-order valence-corrected chi connectivity index (χ2v) is 10.4. The van der Waals surface area contributed by atoms with Crippen molar-refractivity contribution in [3.63, 3.8) is 0 Å². The van der Waals surface area contributed by atoms with Gasteiger partial charge in [0.25, 0.3) is 11.7 Å². The summed E-state index contributed by atoms with van der Waals surface area (Å²) in [6, 6.07) is -0.636. The molecule has 0 bridgehead atoms. The first kappa shape index (κ1) is 23.9. The summed E-state index contributed by atoms with van der Waals surface area (Å²) in [5.74, 6) is -3.07. The molecule has 4 heterocycles. The average molecular weight is 515 g/mol. The number of nitrogens with zero attached hydrogens (tertiary/aromatic N) is 6. The average Bonchev–Trinajstić information content (AvgIpc) is 3.44. The predicted molar refractivity (Wildman–Crippen MR) is 124 cm³/mol. The van der Waals surface area contributed by atoms with E-state index in [1.54, 1.807) is 12.4 Å². The quantitative estimate of drug-likeness (QED) is 0.491. The Morgan fingerprint density at radius 1 is 1.22 bits per heavy atom. The third-order valence-corrected chi connectivity index (χ3v) is 7.64. The summed E-state index contributed by atoms with van der Waals surface area (Å²) in [6.07, 6.45) is 7.27. The van der Waals surface area contributed by atoms with E-state index in [-0.39, 0.29) is 55.0 Å². The van der Waals surface area contributed by atoms with Crippen LogP contribution < -0.4 is 10.6 Å². The van der Waals surface area contributed by atoms with Crippen LogP contribution in [0.5, 0.6) is 0 Å². The van der Waals surface area contributed by atoms with Crippen molar-refractivity contribution >= 4 is 17.6 Å². The number of imidazole rings is 1. The molecule has 3 aliphatic rings. The zero-order chi connectivity index (χ0) is 25.6. The van der Waals surface area contributed by atoms with Gasteiger partial charge >= 0.3 is 0 Å². The number of halogens is 2. The molecule has 3 fully saturated rings. The molecule has 6 rings (SSSR count). The van der Waals surface area contributed by atoms with Crippen LogP contribution in [-0.2, 0) is 11.2 Å². The molecule has 2 atom stereocenters. The number of carbonyl (C=O) groups excluding carboxylic acids is 2. The van der Waals surface area contributed by atoms with Crippen molar-refractivity contribution in [3.8, 4) is 0 Å². The SMILES string of the molecule is O=C(NC(c1cn2nc(CC3CCCNC3=O)cnc2n1)C1CCC(F)(F)CC1)c1nonc1C1CC1. The lowest BCUT2D eigenvalue weighted by Crippen LogP contribution is -2.37. The first-order valence-corrected chi connectivity index (χ1v) is 12.9. The second-order valence-electron chi connectivity index (χ2n) is 10.4. The number of piperidine rings is 1. The number of fused-ring (bicyclic) bond motifs is 1. The Morgan fingerprint density at radius 3 is 2.78 bits per heavy atom. The molecule has 2 N–H and O–H groups in total. The number of alkyl halides is 2. The zero-order valence-corrected chi connectivity index (χ0v) is 20.2. The number of amides is 2. The lowest BCUT2D eigenvalue weighted by molar-refractivity contribution is -0.126. The van der Waals surface area contributed by atoms with Crippen LogP contribution in [0.1, 0.15) is 90.9 Å². The number of hydrogen-bond acceptors (Lipinski definition) is 8. The van der Waals surface area contributed by atoms with Crippen molar-refractivity contribution in [1.29, 1.82) is 0 Å². The van der Waals surface area contributed by atoms with Crippen LogP contribution in [0.15, 0.2) is 17.0 Å². The molecule has 3 aromatic heterocycles. The Hall–Kier alpha value is -3.51. The van der Waals surface area contributed by atoms with E-state index in [9.17, 15) is 18.4 Å². The summed E-state index contributed by atoms with van der Waals surface area (Å²) in [5.41, 5.74) is 1.79. The highest BCUT2D eigenvalue weighted by Gasteiger charge is 2.40. The monoisotopic (exact) mass is 514 g/mol. The van der Waals surface area contributed by atoms with Gasteiger partial charge in [0.05, 0.1) is 29.8 Å². The largest absolute Gasteiger partial charge is 0.356 e. The summed E-state index contributed by atoms with van der Waals surface area (Å²) in [4.78, 5) is 34.4. The van der Waals surface area contributed by atoms with Crippen molar-refractivity contribution in [2.24, 2.45) is 11.8 Å². The molecular formula is C24H28F2N8O3. The maximum atomic E-state index is 13.9. The van der Waals surface area contributed by atoms with E-state index in [0.717, 1.165) is 25.7 Å². The molecule has 2 amide bonds. The number of carbonyl (C=O) groups is 2. The van der Waals surface area contributed by atoms with E-state index >= 15 is 0 Å². The van der Waals surface area contributed by atoms with Gasteiger partial charge in [0.1, 0.15) is 5.69 Å². The highest BCUT2D eigenvalue weighted by atomic mass is 19.3. The van der Waals surface area contributed by atoms with Crippen molar-refractivity contribution in [1.82, 2.24) is 40.5 Å². The molecule has 1 saturated heterocycles. The third-order valence-electron chi connectivity index (χ3n) is 7.64. The Kier molecular flexibility index (Phi) is 6.07. The molecule has 196 valence electrons. The van der Waals surface area contributed by atoms with Gasteiger partial charge in [0, 0.05) is 37.6 Å². The number of aromatic nitrogens is 6. The molecule has 1 aliphatic heterocycles. The van der Waals surface area contributed by atoms with Gasteiger partial charge in [0.15, 0.2) is 5.69 Å². The molecule has 13 heteroatoms. The molecular weight excluding hydrogens is 486 g/mol. The molecule has 0 aromatic carbocycles. The predicted octanol–water partition coefficient (Wildman–Crippen LogP) is 2.75. The van der Waals surface area contributed by atoms with Crippen LogP contribution in [0, 0.1) is 11.8 Å². The van der Waals surface area contributed by atoms with Crippen LogP contribution in [0.2, 0.25) is 0 Å². The van der Waals surface area contributed by atoms with E-state index in [2.05, 4.69) is 36.0 Å². The first-order chi connectivity index (χ1) is 17.9. The zero-order valence-electron chi connectivity index (χ0n) is 20.2. The van der Waals surface area contributed by atoms with Gasteiger partial charge in [-0.3, -0.25) is 9.59 Å². The topological polar surface area (TPSA) is 140 Å². The summed E-state index contributed by atoms with van der Waals surface area (Å²) in [7, 11) is 0. The highest BCUT2D eigenvalue weighted by molar-refractivity contribution is 5.93. The maximum absolute atomic E-state index is 13.9. The van der Waals surface area contributed by atoms with Crippen LogP contribution in [0.3, 0.4) is 0 Å². The van der Waals surface area contributed by atoms with E-state index in [1.807, 2.05) is 0 Å². The second kappa shape index (κ2) is 9.42. The number of nitrogens with one attached hydrogen (secondary N) is 2. The Labute approximate surface area is 210 Å². The molecule has 0 radical (unpaired) electrons. The lowest BCUT2D eigenvalue weighted by atomic mass is 9.81. The fourth-order valence-corrected chi connectivity index (χ4v) is 5.38. The van der Waals surface area contributed by atoms with Gasteiger partial charge < -0.3 is 10.6 Å². The first-order valence-electron chi connectivity index (χ1n) is 12.9. The van der Waals surface area contributed by atoms with Crippen molar-refractivity contribution in [2.45, 2.75) is 75.7 Å². The van der Waals surface area contributed by atoms with Crippen LogP contribution in [-0.4, -0.2) is 54.2 Å². The van der Waals surface area contributed by atoms with Gasteiger partial charge in [-0.1, -0.05) is 5.16 Å². The molecule has 2 unspecified atom stereocenters. The van der Waals surface area contributed by atoms with Gasteiger partial charge in [-0.05, 0) is 49.6 Å². The minimum Gasteiger partial charge on any atom is -0.356 e. The summed E-state index contributed by atoms with van der Waals surface area (Å²) < 4.78 is 34.2. The smallest absolute Gasteiger partial charge is 0.276 e. The van der Waals surface area contributed by atoms with Crippen LogP contribution in [0.25, 0.3) is 5.78 Å². The Morgan fingerprint density at radius 2 is 2.03 bits per heavy atom. The Bertz CT molecular complexity index is 1310. The molecule has 0 spiro atoms. The standard InChI is InChI=1S/C24H28F2N8O3/c25-24(26)7-5-14(6-8-24)18(30-22(36)20-19(13-3-4-13)32-37-33-20)17-12-34-23(29-17)28-11-16(31-34)10-15-2-1-9-27-21(15)35/h11-15,18H,1-10H2,(H,27,35)(H,30,36). The van der Waals surface area contributed by atoms with Crippen LogP contribution >= 0.6 is 0 Å². The van der Waals surface area contributed by atoms with E-state index < -0.39 is 17.9 Å². The maximum Gasteiger partial charge on any atom is 0.276 e. The van der Waals surface area contributed by atoms with E-state index in [0.29, 0.717) is 35.8 Å². The highest BCUT2D eigenvalue weighted by Crippen LogP contribution is 2.42. The van der Waals surface area contributed by atoms with Crippen LogP contribution in [0.4, 0.5) is 8.78 Å². The molecule has 11 nitrogen and oxygen atoms in total. The van der Waals surface area contributed by atoms with Gasteiger partial charge in [-0.15, -0.1) is 0 Å². The van der Waals surface area contributed by atoms with E-state index in [1.165, 1.54) is 4.52 Å². The third kappa shape index (κ3) is 5.03. The number of rotatable bonds is 7. The minimum absolute atomic E-state index is 0.0178. The molecule has 2 saturated carbocycles. The van der Waals surface area contributed by atoms with Gasteiger partial charge in [0.2, 0.25) is 11.8 Å². The number of hydrogen-bond donors (Lipinski definition) is 2. The van der Waals surface area contributed by atoms with Gasteiger partial charge in [-0.25, -0.2) is 27.9 Å². The van der Waals surface area contributed by atoms with Gasteiger partial charge in [-0.2, -0.15) is 5.10 Å². The molecule has 37 heavy (non-hydrogen) atoms. The van der Waals surface area contributed by atoms with Crippen molar-refractivity contribution < 1.29 is 23.0 Å². The Balaban J connectivity index is 1.27. The molecule has 3 aromatic rings. The fraction of sp³-hybridized carbons (Fsp3) is 0.625. The van der Waals surface area contributed by atoms with Crippen molar-refractivity contribution in [2.75, 3.05) is 6.54 Å². The lowest BCUT2D eigenvalue weighted by Gasteiger charge is -2.33. The van der Waals surface area contributed by atoms with E-state index in [4.69, 9.17) is 4.63 Å². The summed E-state index contributed by atoms with van der Waals surface area (Å²) >= 11 is 0. The van der Waals surface area contributed by atoms with Crippen molar-refractivity contribution in [3.05, 3.63) is 35.2 Å². The summed E-state index contributed by atoms with van der Waals surface area (Å²) in [6.45, 7) is 0.692. The fourth-order valence-electron chi connectivity index (χ4n) is 5.38. The summed E-state index contributed by atoms with van der Waals surface area (Å²) in [5, 5.41) is 18.1. The molecule has 2 aliphatic carbocycles. The minimum atomic E-state index is -2.71. The normalized spacial score (nSPS) is 23.1.